The van der Waals surface area contributed by atoms with Crippen molar-refractivity contribution in [3.63, 3.8) is 0 Å². The highest BCUT2D eigenvalue weighted by Crippen LogP contribution is 2.44. The molecule has 0 aliphatic carbocycles. The van der Waals surface area contributed by atoms with Gasteiger partial charge in [0.2, 0.25) is 0 Å². The van der Waals surface area contributed by atoms with E-state index in [1.807, 2.05) is 30.3 Å². The van der Waals surface area contributed by atoms with Gasteiger partial charge in [0.05, 0.1) is 6.10 Å². The molecule has 120 valence electrons. The summed E-state index contributed by atoms with van der Waals surface area (Å²) in [5.41, 5.74) is 0.826. The summed E-state index contributed by atoms with van der Waals surface area (Å²) in [5, 5.41) is 0. The Labute approximate surface area is 127 Å². The minimum absolute atomic E-state index is 0.525. The van der Waals surface area contributed by atoms with Crippen LogP contribution in [0.2, 0.25) is 0 Å². The standard InChI is InChI=1S/C16H27O4P/c1-2-3-4-5-6-7-11-14-16(20-21(17,18)19)15-12-9-8-10-13-15/h8-10,12-13,16H,2-7,11,14H2,1H3,(H2,17,18,19). The Hall–Kier alpha value is -0.670. The molecular formula is C16H27O4P. The third-order valence-electron chi connectivity index (χ3n) is 3.51. The Kier molecular flexibility index (Phi) is 8.86. The number of hydrogen-bond donors (Lipinski definition) is 2. The molecule has 0 fully saturated rings. The second-order valence-electron chi connectivity index (χ2n) is 5.41. The maximum Gasteiger partial charge on any atom is 0.470 e. The van der Waals surface area contributed by atoms with Crippen LogP contribution >= 0.6 is 7.82 Å². The van der Waals surface area contributed by atoms with E-state index in [-0.39, 0.29) is 0 Å². The van der Waals surface area contributed by atoms with Crippen molar-refractivity contribution in [2.24, 2.45) is 0 Å². The van der Waals surface area contributed by atoms with Crippen LogP contribution in [0.4, 0.5) is 0 Å². The fourth-order valence-corrected chi connectivity index (χ4v) is 2.96. The summed E-state index contributed by atoms with van der Waals surface area (Å²) in [6.45, 7) is 2.20. The molecule has 0 radical (unpaired) electrons. The molecule has 0 aliphatic heterocycles. The number of rotatable bonds is 11. The highest BCUT2D eigenvalue weighted by Gasteiger charge is 2.23. The Morgan fingerprint density at radius 2 is 1.57 bits per heavy atom. The summed E-state index contributed by atoms with van der Waals surface area (Å²) < 4.78 is 16.0. The second-order valence-corrected chi connectivity index (χ2v) is 6.60. The lowest BCUT2D eigenvalue weighted by molar-refractivity contribution is 0.125. The van der Waals surface area contributed by atoms with E-state index < -0.39 is 13.9 Å². The van der Waals surface area contributed by atoms with E-state index in [9.17, 15) is 4.57 Å². The summed E-state index contributed by atoms with van der Waals surface area (Å²) in [6, 6.07) is 9.29. The monoisotopic (exact) mass is 314 g/mol. The SMILES string of the molecule is CCCCCCCCCC(OP(=O)(O)O)c1ccccc1. The molecule has 1 aromatic carbocycles. The van der Waals surface area contributed by atoms with Crippen LogP contribution in [0.1, 0.15) is 70.0 Å². The van der Waals surface area contributed by atoms with Crippen molar-refractivity contribution < 1.29 is 18.9 Å². The van der Waals surface area contributed by atoms with Gasteiger partial charge in [-0.2, -0.15) is 0 Å². The first-order chi connectivity index (χ1) is 10.0. The molecule has 1 unspecified atom stereocenters. The lowest BCUT2D eigenvalue weighted by Crippen LogP contribution is -2.03. The molecule has 0 aliphatic rings. The van der Waals surface area contributed by atoms with Gasteiger partial charge in [-0.3, -0.25) is 4.52 Å². The second kappa shape index (κ2) is 10.1. The minimum Gasteiger partial charge on any atom is -0.303 e. The van der Waals surface area contributed by atoms with Crippen LogP contribution in [0.25, 0.3) is 0 Å². The van der Waals surface area contributed by atoms with Crippen molar-refractivity contribution >= 4 is 7.82 Å². The number of phosphoric acid groups is 1. The molecule has 2 N–H and O–H groups in total. The third kappa shape index (κ3) is 9.05. The van der Waals surface area contributed by atoms with Gasteiger partial charge in [-0.05, 0) is 12.0 Å². The van der Waals surface area contributed by atoms with Gasteiger partial charge < -0.3 is 9.79 Å². The molecule has 0 bridgehead atoms. The molecule has 0 spiro atoms. The number of phosphoric ester groups is 1. The average Bonchev–Trinajstić information content (AvgIpc) is 2.45. The van der Waals surface area contributed by atoms with E-state index in [1.54, 1.807) is 0 Å². The molecular weight excluding hydrogens is 287 g/mol. The number of hydrogen-bond acceptors (Lipinski definition) is 2. The zero-order valence-corrected chi connectivity index (χ0v) is 13.7. The zero-order chi connectivity index (χ0) is 15.6. The number of unbranched alkanes of at least 4 members (excludes halogenated alkanes) is 6. The van der Waals surface area contributed by atoms with Gasteiger partial charge in [0.15, 0.2) is 0 Å². The van der Waals surface area contributed by atoms with Gasteiger partial charge in [-0.25, -0.2) is 4.57 Å². The van der Waals surface area contributed by atoms with Gasteiger partial charge in [0.25, 0.3) is 0 Å². The first-order valence-electron chi connectivity index (χ1n) is 7.82. The minimum atomic E-state index is -4.46. The van der Waals surface area contributed by atoms with Gasteiger partial charge in [0, 0.05) is 0 Å². The van der Waals surface area contributed by atoms with Crippen molar-refractivity contribution in [2.45, 2.75) is 64.4 Å². The molecule has 0 saturated carbocycles. The van der Waals surface area contributed by atoms with Crippen LogP contribution < -0.4 is 0 Å². The van der Waals surface area contributed by atoms with Gasteiger partial charge in [-0.1, -0.05) is 82.2 Å². The summed E-state index contributed by atoms with van der Waals surface area (Å²) >= 11 is 0. The summed E-state index contributed by atoms with van der Waals surface area (Å²) in [7, 11) is -4.46. The maximum absolute atomic E-state index is 11.1. The fraction of sp³-hybridized carbons (Fsp3) is 0.625. The maximum atomic E-state index is 11.1. The van der Waals surface area contributed by atoms with Crippen LogP contribution in [0.5, 0.6) is 0 Å². The molecule has 4 nitrogen and oxygen atoms in total. The van der Waals surface area contributed by atoms with Crippen LogP contribution in [-0.2, 0) is 9.09 Å². The van der Waals surface area contributed by atoms with Crippen molar-refractivity contribution in [3.8, 4) is 0 Å². The van der Waals surface area contributed by atoms with Crippen LogP contribution in [0, 0.1) is 0 Å². The van der Waals surface area contributed by atoms with Crippen molar-refractivity contribution in [1.82, 2.24) is 0 Å². The summed E-state index contributed by atoms with van der Waals surface area (Å²) in [4.78, 5) is 18.1. The highest BCUT2D eigenvalue weighted by molar-refractivity contribution is 7.46. The molecule has 1 rings (SSSR count). The third-order valence-corrected chi connectivity index (χ3v) is 4.03. The Morgan fingerprint density at radius 3 is 2.14 bits per heavy atom. The largest absolute Gasteiger partial charge is 0.470 e. The molecule has 5 heteroatoms. The van der Waals surface area contributed by atoms with Gasteiger partial charge in [-0.15, -0.1) is 0 Å². The first-order valence-corrected chi connectivity index (χ1v) is 9.35. The molecule has 0 saturated heterocycles. The average molecular weight is 314 g/mol. The lowest BCUT2D eigenvalue weighted by atomic mass is 10.0. The van der Waals surface area contributed by atoms with Gasteiger partial charge in [0.1, 0.15) is 0 Å². The fourth-order valence-electron chi connectivity index (χ4n) is 2.40. The predicted molar refractivity (Wildman–Crippen MR) is 84.9 cm³/mol. The van der Waals surface area contributed by atoms with Gasteiger partial charge >= 0.3 is 7.82 Å². The molecule has 0 amide bonds. The van der Waals surface area contributed by atoms with Crippen molar-refractivity contribution in [2.75, 3.05) is 0 Å². The Bertz CT molecular complexity index is 416. The topological polar surface area (TPSA) is 66.8 Å². The first kappa shape index (κ1) is 18.4. The molecule has 1 atom stereocenters. The molecule has 21 heavy (non-hydrogen) atoms. The molecule has 0 aromatic heterocycles. The highest BCUT2D eigenvalue weighted by atomic mass is 31.2. The Balaban J connectivity index is 2.38. The van der Waals surface area contributed by atoms with E-state index in [0.29, 0.717) is 6.42 Å². The molecule has 0 heterocycles. The zero-order valence-electron chi connectivity index (χ0n) is 12.8. The number of benzene rings is 1. The molecule has 1 aromatic rings. The van der Waals surface area contributed by atoms with Crippen molar-refractivity contribution in [3.05, 3.63) is 35.9 Å². The summed E-state index contributed by atoms with van der Waals surface area (Å²) in [6.07, 6.45) is 8.34. The normalized spacial score (nSPS) is 13.3. The van der Waals surface area contributed by atoms with E-state index in [4.69, 9.17) is 14.3 Å². The van der Waals surface area contributed by atoms with E-state index in [2.05, 4.69) is 6.92 Å². The van der Waals surface area contributed by atoms with E-state index in [0.717, 1.165) is 18.4 Å². The lowest BCUT2D eigenvalue weighted by Gasteiger charge is -2.18. The van der Waals surface area contributed by atoms with E-state index >= 15 is 0 Å². The predicted octanol–water partition coefficient (Wildman–Crippen LogP) is 4.98. The smallest absolute Gasteiger partial charge is 0.303 e. The van der Waals surface area contributed by atoms with Crippen molar-refractivity contribution in [1.29, 1.82) is 0 Å². The van der Waals surface area contributed by atoms with Crippen LogP contribution in [0.3, 0.4) is 0 Å². The van der Waals surface area contributed by atoms with Crippen LogP contribution in [-0.4, -0.2) is 9.79 Å². The summed E-state index contributed by atoms with van der Waals surface area (Å²) in [5.74, 6) is 0. The quantitative estimate of drug-likeness (QED) is 0.446. The Morgan fingerprint density at radius 1 is 1.00 bits per heavy atom. The van der Waals surface area contributed by atoms with Crippen LogP contribution in [0.15, 0.2) is 30.3 Å². The van der Waals surface area contributed by atoms with E-state index in [1.165, 1.54) is 32.1 Å².